The molecular weight excluding hydrogens is 190 g/mol. The average molecular weight is 209 g/mol. The average Bonchev–Trinajstić information content (AvgIpc) is 2.23. The Morgan fingerprint density at radius 3 is 2.87 bits per heavy atom. The molecule has 0 spiro atoms. The number of aryl methyl sites for hydroxylation is 1. The van der Waals surface area contributed by atoms with Gasteiger partial charge in [0.2, 0.25) is 0 Å². The van der Waals surface area contributed by atoms with E-state index < -0.39 is 0 Å². The van der Waals surface area contributed by atoms with E-state index in [1.807, 2.05) is 6.92 Å². The summed E-state index contributed by atoms with van der Waals surface area (Å²) in [5.41, 5.74) is 0.944. The van der Waals surface area contributed by atoms with Crippen LogP contribution in [0.25, 0.3) is 0 Å². The van der Waals surface area contributed by atoms with Gasteiger partial charge in [-0.15, -0.1) is 0 Å². The van der Waals surface area contributed by atoms with Gasteiger partial charge in [-0.3, -0.25) is 4.98 Å². The first-order chi connectivity index (χ1) is 7.33. The lowest BCUT2D eigenvalue weighted by Gasteiger charge is -2.05. The van der Waals surface area contributed by atoms with Crippen molar-refractivity contribution in [2.45, 2.75) is 26.2 Å². The predicted octanol–water partition coefficient (Wildman–Crippen LogP) is 2.01. The first kappa shape index (κ1) is 11.9. The second kappa shape index (κ2) is 7.17. The summed E-state index contributed by atoms with van der Waals surface area (Å²) in [6.45, 7) is 3.74. The standard InChI is InChI=1S/C11H19N3O/c1-10-8-12-9-11(14-10)13-6-4-3-5-7-15-2/h8-9H,3-7H2,1-2H3,(H,13,14). The number of rotatable bonds is 7. The van der Waals surface area contributed by atoms with Gasteiger partial charge < -0.3 is 10.1 Å². The zero-order chi connectivity index (χ0) is 10.9. The molecule has 0 unspecified atom stereocenters. The predicted molar refractivity (Wildman–Crippen MR) is 61.0 cm³/mol. The number of hydrogen-bond acceptors (Lipinski definition) is 4. The van der Waals surface area contributed by atoms with Gasteiger partial charge >= 0.3 is 0 Å². The molecule has 0 radical (unpaired) electrons. The van der Waals surface area contributed by atoms with Crippen molar-refractivity contribution in [3.8, 4) is 0 Å². The van der Waals surface area contributed by atoms with E-state index >= 15 is 0 Å². The number of nitrogens with one attached hydrogen (secondary N) is 1. The van der Waals surface area contributed by atoms with Gasteiger partial charge in [-0.1, -0.05) is 0 Å². The molecule has 0 bridgehead atoms. The zero-order valence-electron chi connectivity index (χ0n) is 9.49. The highest BCUT2D eigenvalue weighted by molar-refractivity contribution is 5.31. The Morgan fingerprint density at radius 2 is 2.13 bits per heavy atom. The minimum Gasteiger partial charge on any atom is -0.385 e. The summed E-state index contributed by atoms with van der Waals surface area (Å²) >= 11 is 0. The van der Waals surface area contributed by atoms with Crippen molar-refractivity contribution in [1.82, 2.24) is 9.97 Å². The van der Waals surface area contributed by atoms with Gasteiger partial charge in [-0.05, 0) is 26.2 Å². The molecule has 0 atom stereocenters. The lowest BCUT2D eigenvalue weighted by Crippen LogP contribution is -2.04. The van der Waals surface area contributed by atoms with Crippen LogP contribution in [0.5, 0.6) is 0 Å². The van der Waals surface area contributed by atoms with Gasteiger partial charge in [0.15, 0.2) is 0 Å². The monoisotopic (exact) mass is 209 g/mol. The number of unbranched alkanes of at least 4 members (excludes halogenated alkanes) is 2. The molecule has 0 aliphatic carbocycles. The van der Waals surface area contributed by atoms with Gasteiger partial charge in [0.05, 0.1) is 11.9 Å². The Morgan fingerprint density at radius 1 is 1.27 bits per heavy atom. The minimum absolute atomic E-state index is 0.851. The van der Waals surface area contributed by atoms with Crippen LogP contribution in [0.2, 0.25) is 0 Å². The molecule has 4 nitrogen and oxygen atoms in total. The summed E-state index contributed by atoms with van der Waals surface area (Å²) in [5, 5.41) is 3.25. The van der Waals surface area contributed by atoms with Crippen molar-refractivity contribution >= 4 is 5.82 Å². The molecule has 1 aromatic heterocycles. The molecule has 0 saturated heterocycles. The van der Waals surface area contributed by atoms with E-state index in [-0.39, 0.29) is 0 Å². The van der Waals surface area contributed by atoms with Crippen LogP contribution in [-0.2, 0) is 4.74 Å². The molecule has 0 saturated carbocycles. The van der Waals surface area contributed by atoms with Crippen LogP contribution in [0.3, 0.4) is 0 Å². The SMILES string of the molecule is COCCCCCNc1cncc(C)n1. The molecule has 0 fully saturated rings. The molecule has 1 aromatic rings. The third-order valence-corrected chi connectivity index (χ3v) is 2.09. The Balaban J connectivity index is 2.10. The van der Waals surface area contributed by atoms with Crippen LogP contribution in [0.1, 0.15) is 25.0 Å². The van der Waals surface area contributed by atoms with E-state index in [1.54, 1.807) is 19.5 Å². The summed E-state index contributed by atoms with van der Waals surface area (Å²) in [6, 6.07) is 0. The Bertz CT molecular complexity index is 278. The number of hydrogen-bond donors (Lipinski definition) is 1. The van der Waals surface area contributed by atoms with E-state index in [4.69, 9.17) is 4.74 Å². The fraction of sp³-hybridized carbons (Fsp3) is 0.636. The van der Waals surface area contributed by atoms with Crippen molar-refractivity contribution in [3.05, 3.63) is 18.1 Å². The topological polar surface area (TPSA) is 47.0 Å². The van der Waals surface area contributed by atoms with Crippen molar-refractivity contribution < 1.29 is 4.74 Å². The second-order valence-electron chi connectivity index (χ2n) is 3.53. The summed E-state index contributed by atoms with van der Waals surface area (Å²) in [5.74, 6) is 0.863. The highest BCUT2D eigenvalue weighted by atomic mass is 16.5. The van der Waals surface area contributed by atoms with Crippen LogP contribution in [0.4, 0.5) is 5.82 Å². The fourth-order valence-electron chi connectivity index (χ4n) is 1.31. The minimum atomic E-state index is 0.851. The molecule has 1 N–H and O–H groups in total. The summed E-state index contributed by atoms with van der Waals surface area (Å²) in [6.07, 6.45) is 6.95. The van der Waals surface area contributed by atoms with Gasteiger partial charge in [0.25, 0.3) is 0 Å². The van der Waals surface area contributed by atoms with Crippen molar-refractivity contribution in [2.24, 2.45) is 0 Å². The molecule has 0 aromatic carbocycles. The third kappa shape index (κ3) is 5.32. The number of aromatic nitrogens is 2. The maximum absolute atomic E-state index is 4.98. The van der Waals surface area contributed by atoms with E-state index in [0.29, 0.717) is 0 Å². The van der Waals surface area contributed by atoms with E-state index in [0.717, 1.165) is 37.5 Å². The Hall–Kier alpha value is -1.16. The Labute approximate surface area is 91.1 Å². The fourth-order valence-corrected chi connectivity index (χ4v) is 1.31. The van der Waals surface area contributed by atoms with Crippen LogP contribution >= 0.6 is 0 Å². The highest BCUT2D eigenvalue weighted by Crippen LogP contribution is 2.02. The zero-order valence-corrected chi connectivity index (χ0v) is 9.49. The maximum atomic E-state index is 4.98. The van der Waals surface area contributed by atoms with Crippen molar-refractivity contribution in [3.63, 3.8) is 0 Å². The largest absolute Gasteiger partial charge is 0.385 e. The molecule has 84 valence electrons. The summed E-state index contributed by atoms with van der Waals surface area (Å²) in [4.78, 5) is 8.38. The van der Waals surface area contributed by atoms with E-state index in [1.165, 1.54) is 6.42 Å². The second-order valence-corrected chi connectivity index (χ2v) is 3.53. The smallest absolute Gasteiger partial charge is 0.144 e. The van der Waals surface area contributed by atoms with Crippen molar-refractivity contribution in [1.29, 1.82) is 0 Å². The van der Waals surface area contributed by atoms with Gasteiger partial charge in [0, 0.05) is 26.5 Å². The molecule has 4 heteroatoms. The normalized spacial score (nSPS) is 10.3. The van der Waals surface area contributed by atoms with Gasteiger partial charge in [0.1, 0.15) is 5.82 Å². The van der Waals surface area contributed by atoms with Crippen LogP contribution in [0, 0.1) is 6.92 Å². The summed E-state index contributed by atoms with van der Waals surface area (Å²) in [7, 11) is 1.74. The van der Waals surface area contributed by atoms with E-state index in [2.05, 4.69) is 15.3 Å². The quantitative estimate of drug-likeness (QED) is 0.698. The molecule has 0 aliphatic heterocycles. The molecule has 1 rings (SSSR count). The van der Waals surface area contributed by atoms with Gasteiger partial charge in [-0.25, -0.2) is 4.98 Å². The first-order valence-electron chi connectivity index (χ1n) is 5.34. The van der Waals surface area contributed by atoms with Crippen LogP contribution in [0.15, 0.2) is 12.4 Å². The number of nitrogens with zero attached hydrogens (tertiary/aromatic N) is 2. The molecule has 15 heavy (non-hydrogen) atoms. The Kier molecular flexibility index (Phi) is 5.70. The molecule has 0 aliphatic rings. The number of ether oxygens (including phenoxy) is 1. The number of methoxy groups -OCH3 is 1. The van der Waals surface area contributed by atoms with E-state index in [9.17, 15) is 0 Å². The highest BCUT2D eigenvalue weighted by Gasteiger charge is 1.94. The van der Waals surface area contributed by atoms with Crippen LogP contribution < -0.4 is 5.32 Å². The van der Waals surface area contributed by atoms with Gasteiger partial charge in [-0.2, -0.15) is 0 Å². The van der Waals surface area contributed by atoms with Crippen LogP contribution in [-0.4, -0.2) is 30.2 Å². The summed E-state index contributed by atoms with van der Waals surface area (Å²) < 4.78 is 4.98. The lowest BCUT2D eigenvalue weighted by molar-refractivity contribution is 0.192. The molecule has 0 amide bonds. The molecule has 1 heterocycles. The first-order valence-corrected chi connectivity index (χ1v) is 5.34. The maximum Gasteiger partial charge on any atom is 0.144 e. The molecular formula is C11H19N3O. The third-order valence-electron chi connectivity index (χ3n) is 2.09. The number of anilines is 1. The van der Waals surface area contributed by atoms with Crippen molar-refractivity contribution in [2.75, 3.05) is 25.6 Å². The lowest BCUT2D eigenvalue weighted by atomic mass is 10.2.